The van der Waals surface area contributed by atoms with Crippen LogP contribution in [0.25, 0.3) is 10.9 Å². The van der Waals surface area contributed by atoms with Gasteiger partial charge in [-0.3, -0.25) is 14.7 Å². The first kappa shape index (κ1) is 24.3. The lowest BCUT2D eigenvalue weighted by molar-refractivity contribution is 0.0410. The highest BCUT2D eigenvalue weighted by Crippen LogP contribution is 2.33. The first-order valence-electron chi connectivity index (χ1n) is 13.3. The molecule has 0 amide bonds. The summed E-state index contributed by atoms with van der Waals surface area (Å²) in [7, 11) is 0. The molecule has 4 aromatic rings. The van der Waals surface area contributed by atoms with E-state index in [2.05, 4.69) is 37.7 Å². The fraction of sp³-hybridized carbons (Fsp3) is 0.310. The zero-order chi connectivity index (χ0) is 26.2. The fourth-order valence-corrected chi connectivity index (χ4v) is 6.43. The van der Waals surface area contributed by atoms with E-state index in [9.17, 15) is 4.79 Å². The summed E-state index contributed by atoms with van der Waals surface area (Å²) in [5.41, 5.74) is 3.61. The van der Waals surface area contributed by atoms with Crippen LogP contribution in [0.1, 0.15) is 21.5 Å². The lowest BCUT2D eigenvalue weighted by atomic mass is 10.1. The van der Waals surface area contributed by atoms with Crippen molar-refractivity contribution < 1.29 is 9.53 Å². The molecule has 0 saturated carbocycles. The summed E-state index contributed by atoms with van der Waals surface area (Å²) < 4.78 is 9.05. The second-order valence-corrected chi connectivity index (χ2v) is 10.9. The standard InChI is InChI=1S/C29H29N7O2S/c37-28(24-20-34(19-21-6-2-1-3-7-21)25-9-5-4-8-22(24)25)36-27-23(18-31-36)26-30-10-11-35(26)29(32-27)39-17-14-33-12-15-38-16-13-33/h1-9,18,20H,10-17,19H2. The molecule has 1 fully saturated rings. The Kier molecular flexibility index (Phi) is 6.51. The predicted octanol–water partition coefficient (Wildman–Crippen LogP) is 3.70. The summed E-state index contributed by atoms with van der Waals surface area (Å²) in [5.74, 6) is 2.14. The second-order valence-electron chi connectivity index (χ2n) is 9.83. The third-order valence-electron chi connectivity index (χ3n) is 7.41. The maximum absolute atomic E-state index is 14.0. The average molecular weight is 540 g/mol. The minimum atomic E-state index is -0.187. The Bertz CT molecular complexity index is 1580. The minimum Gasteiger partial charge on any atom is -0.379 e. The molecule has 0 radical (unpaired) electrons. The van der Waals surface area contributed by atoms with Crippen LogP contribution in [-0.4, -0.2) is 92.7 Å². The molecule has 7 rings (SSSR count). The molecule has 39 heavy (non-hydrogen) atoms. The van der Waals surface area contributed by atoms with Crippen LogP contribution in [0.3, 0.4) is 0 Å². The summed E-state index contributed by atoms with van der Waals surface area (Å²) in [6, 6.07) is 18.3. The molecule has 5 heterocycles. The largest absolute Gasteiger partial charge is 0.379 e. The number of morpholine rings is 1. The normalized spacial score (nSPS) is 17.2. The highest BCUT2D eigenvalue weighted by atomic mass is 32.2. The van der Waals surface area contributed by atoms with E-state index in [0.717, 1.165) is 72.6 Å². The summed E-state index contributed by atoms with van der Waals surface area (Å²) in [6.07, 6.45) is 3.67. The van der Waals surface area contributed by atoms with Crippen molar-refractivity contribution in [1.29, 1.82) is 0 Å². The number of aromatic nitrogens is 3. The number of amidine groups is 2. The average Bonchev–Trinajstić information content (AvgIpc) is 3.71. The van der Waals surface area contributed by atoms with Crippen LogP contribution in [-0.2, 0) is 11.3 Å². The molecule has 0 atom stereocenters. The van der Waals surface area contributed by atoms with Gasteiger partial charge in [-0.15, -0.1) is 0 Å². The van der Waals surface area contributed by atoms with Crippen LogP contribution in [0.5, 0.6) is 0 Å². The number of benzene rings is 2. The number of hydrogen-bond donors (Lipinski definition) is 0. The number of aliphatic imine (C=N–C) groups is 2. The monoisotopic (exact) mass is 539 g/mol. The van der Waals surface area contributed by atoms with Crippen molar-refractivity contribution in [3.8, 4) is 0 Å². The Morgan fingerprint density at radius 2 is 1.82 bits per heavy atom. The number of rotatable bonds is 6. The number of nitrogens with zero attached hydrogens (tertiary/aromatic N) is 7. The van der Waals surface area contributed by atoms with Gasteiger partial charge in [0.15, 0.2) is 11.0 Å². The number of ether oxygens (including phenoxy) is 1. The van der Waals surface area contributed by atoms with Gasteiger partial charge in [-0.1, -0.05) is 60.3 Å². The minimum absolute atomic E-state index is 0.187. The van der Waals surface area contributed by atoms with Crippen LogP contribution < -0.4 is 0 Å². The zero-order valence-electron chi connectivity index (χ0n) is 21.6. The van der Waals surface area contributed by atoms with Crippen LogP contribution in [0.4, 0.5) is 5.82 Å². The topological polar surface area (TPSA) is 80.2 Å². The van der Waals surface area contributed by atoms with Gasteiger partial charge in [0.25, 0.3) is 5.91 Å². The Balaban J connectivity index is 1.20. The fourth-order valence-electron chi connectivity index (χ4n) is 5.41. The number of carbonyl (C=O) groups is 1. The van der Waals surface area contributed by atoms with Gasteiger partial charge in [0.05, 0.1) is 37.1 Å². The zero-order valence-corrected chi connectivity index (χ0v) is 22.4. The molecule has 0 bridgehead atoms. The summed E-state index contributed by atoms with van der Waals surface area (Å²) in [5, 5.41) is 6.32. The molecular weight excluding hydrogens is 510 g/mol. The molecule has 0 aliphatic carbocycles. The lowest BCUT2D eigenvalue weighted by Crippen LogP contribution is -2.39. The number of hydrogen-bond acceptors (Lipinski definition) is 8. The number of fused-ring (bicyclic) bond motifs is 4. The first-order chi connectivity index (χ1) is 19.3. The molecule has 0 unspecified atom stereocenters. The van der Waals surface area contributed by atoms with Gasteiger partial charge in [0.1, 0.15) is 5.84 Å². The molecule has 198 valence electrons. The summed E-state index contributed by atoms with van der Waals surface area (Å²) >= 11 is 1.71. The van der Waals surface area contributed by atoms with Crippen LogP contribution in [0, 0.1) is 0 Å². The van der Waals surface area contributed by atoms with E-state index in [4.69, 9.17) is 14.7 Å². The summed E-state index contributed by atoms with van der Waals surface area (Å²) in [4.78, 5) is 28.3. The maximum Gasteiger partial charge on any atom is 0.282 e. The van der Waals surface area contributed by atoms with E-state index < -0.39 is 0 Å². The lowest BCUT2D eigenvalue weighted by Gasteiger charge is -2.28. The molecular formula is C29H29N7O2S. The molecule has 3 aliphatic rings. The molecule has 3 aliphatic heterocycles. The Hall–Kier alpha value is -3.73. The first-order valence-corrected chi connectivity index (χ1v) is 14.3. The van der Waals surface area contributed by atoms with Crippen molar-refractivity contribution in [2.75, 3.05) is 51.7 Å². The van der Waals surface area contributed by atoms with E-state index in [1.165, 1.54) is 10.2 Å². The number of carbonyl (C=O) groups excluding carboxylic acids is 1. The molecule has 2 aromatic carbocycles. The Morgan fingerprint density at radius 3 is 2.69 bits per heavy atom. The van der Waals surface area contributed by atoms with Crippen molar-refractivity contribution in [3.63, 3.8) is 0 Å². The number of para-hydroxylation sites is 1. The Labute approximate surface area is 230 Å². The molecule has 9 nitrogen and oxygen atoms in total. The van der Waals surface area contributed by atoms with Gasteiger partial charge >= 0.3 is 0 Å². The van der Waals surface area contributed by atoms with E-state index in [1.54, 1.807) is 18.0 Å². The van der Waals surface area contributed by atoms with Gasteiger partial charge in [0.2, 0.25) is 0 Å². The molecule has 0 spiro atoms. The Morgan fingerprint density at radius 1 is 1.00 bits per heavy atom. The van der Waals surface area contributed by atoms with Gasteiger partial charge in [-0.25, -0.2) is 4.99 Å². The van der Waals surface area contributed by atoms with Crippen molar-refractivity contribution in [2.24, 2.45) is 9.98 Å². The molecule has 10 heteroatoms. The molecule has 0 N–H and O–H groups in total. The maximum atomic E-state index is 14.0. The van der Waals surface area contributed by atoms with Gasteiger partial charge in [-0.2, -0.15) is 9.78 Å². The van der Waals surface area contributed by atoms with E-state index in [-0.39, 0.29) is 5.91 Å². The van der Waals surface area contributed by atoms with Crippen LogP contribution >= 0.6 is 11.8 Å². The SMILES string of the molecule is O=C(c1cn(Cc2ccccc2)c2ccccc12)n1ncc2c1N=C(SCCN1CCOCC1)N1CCN=C21. The van der Waals surface area contributed by atoms with Gasteiger partial charge in [-0.05, 0) is 11.6 Å². The van der Waals surface area contributed by atoms with Crippen molar-refractivity contribution in [1.82, 2.24) is 24.1 Å². The van der Waals surface area contributed by atoms with Gasteiger partial charge in [0, 0.05) is 55.6 Å². The number of thioether (sulfide) groups is 1. The van der Waals surface area contributed by atoms with E-state index in [1.807, 2.05) is 42.6 Å². The van der Waals surface area contributed by atoms with Crippen molar-refractivity contribution in [3.05, 3.63) is 83.7 Å². The molecule has 2 aromatic heterocycles. The van der Waals surface area contributed by atoms with Crippen molar-refractivity contribution >= 4 is 45.4 Å². The highest BCUT2D eigenvalue weighted by Gasteiger charge is 2.34. The van der Waals surface area contributed by atoms with Crippen LogP contribution in [0.15, 0.2) is 77.0 Å². The summed E-state index contributed by atoms with van der Waals surface area (Å²) in [6.45, 7) is 6.68. The second kappa shape index (κ2) is 10.4. The highest BCUT2D eigenvalue weighted by molar-refractivity contribution is 8.13. The third kappa shape index (κ3) is 4.58. The predicted molar refractivity (Wildman–Crippen MR) is 154 cm³/mol. The smallest absolute Gasteiger partial charge is 0.282 e. The third-order valence-corrected chi connectivity index (χ3v) is 8.36. The van der Waals surface area contributed by atoms with Crippen LogP contribution in [0.2, 0.25) is 0 Å². The van der Waals surface area contributed by atoms with E-state index >= 15 is 0 Å². The quantitative estimate of drug-likeness (QED) is 0.372. The molecule has 1 saturated heterocycles. The van der Waals surface area contributed by atoms with E-state index in [0.29, 0.717) is 24.5 Å². The van der Waals surface area contributed by atoms with Crippen molar-refractivity contribution in [2.45, 2.75) is 6.54 Å². The van der Waals surface area contributed by atoms with Gasteiger partial charge < -0.3 is 14.2 Å².